The Kier molecular flexibility index (Phi) is 3.10. The molecular formula is C22H17NO3. The molecule has 3 aromatic rings. The van der Waals surface area contributed by atoms with E-state index in [1.54, 1.807) is 4.90 Å². The normalized spacial score (nSPS) is 22.9. The summed E-state index contributed by atoms with van der Waals surface area (Å²) in [5.74, 6) is 2.04. The van der Waals surface area contributed by atoms with E-state index in [2.05, 4.69) is 0 Å². The van der Waals surface area contributed by atoms with Gasteiger partial charge in [-0.25, -0.2) is 0 Å². The van der Waals surface area contributed by atoms with Gasteiger partial charge in [-0.3, -0.25) is 9.69 Å². The number of benzene rings is 3. The quantitative estimate of drug-likeness (QED) is 0.643. The molecule has 2 atom stereocenters. The van der Waals surface area contributed by atoms with Gasteiger partial charge in [0.1, 0.15) is 17.0 Å². The van der Waals surface area contributed by atoms with E-state index in [0.29, 0.717) is 11.5 Å². The molecule has 0 aromatic heterocycles. The summed E-state index contributed by atoms with van der Waals surface area (Å²) >= 11 is 0. The summed E-state index contributed by atoms with van der Waals surface area (Å²) in [6.45, 7) is 2.03. The minimum absolute atomic E-state index is 0.0656. The molecule has 0 spiro atoms. The van der Waals surface area contributed by atoms with Gasteiger partial charge in [-0.05, 0) is 37.3 Å². The lowest BCUT2D eigenvalue weighted by atomic mass is 9.75. The third kappa shape index (κ3) is 1.93. The fourth-order valence-corrected chi connectivity index (χ4v) is 3.89. The summed E-state index contributed by atoms with van der Waals surface area (Å²) in [6.07, 6.45) is -0.610. The molecule has 0 radical (unpaired) electrons. The number of fused-ring (bicyclic) bond motifs is 5. The van der Waals surface area contributed by atoms with Crippen LogP contribution >= 0.6 is 0 Å². The number of hydrogen-bond donors (Lipinski definition) is 0. The van der Waals surface area contributed by atoms with E-state index in [9.17, 15) is 4.79 Å². The van der Waals surface area contributed by atoms with Crippen LogP contribution in [0.3, 0.4) is 0 Å². The number of β-lactam (4-membered cyclic amide) rings is 1. The van der Waals surface area contributed by atoms with Crippen LogP contribution in [0.4, 0.5) is 5.69 Å². The van der Waals surface area contributed by atoms with Gasteiger partial charge in [-0.1, -0.05) is 48.5 Å². The lowest BCUT2D eigenvalue weighted by Crippen LogP contribution is -2.73. The molecule has 0 bridgehead atoms. The molecule has 0 saturated carbocycles. The van der Waals surface area contributed by atoms with E-state index in [0.717, 1.165) is 17.0 Å². The Morgan fingerprint density at radius 3 is 2.35 bits per heavy atom. The lowest BCUT2D eigenvalue weighted by Gasteiger charge is -2.54. The molecule has 4 heteroatoms. The summed E-state index contributed by atoms with van der Waals surface area (Å²) in [6, 6.07) is 24.9. The van der Waals surface area contributed by atoms with Crippen molar-refractivity contribution in [3.8, 4) is 17.2 Å². The van der Waals surface area contributed by atoms with Gasteiger partial charge in [-0.15, -0.1) is 0 Å². The molecule has 128 valence electrons. The molecule has 4 nitrogen and oxygen atoms in total. The van der Waals surface area contributed by atoms with Gasteiger partial charge in [0, 0.05) is 5.56 Å². The van der Waals surface area contributed by atoms with Crippen LogP contribution in [0, 0.1) is 0 Å². The van der Waals surface area contributed by atoms with Crippen LogP contribution in [0.5, 0.6) is 17.2 Å². The highest BCUT2D eigenvalue weighted by Crippen LogP contribution is 2.54. The Labute approximate surface area is 151 Å². The molecule has 0 unspecified atom stereocenters. The van der Waals surface area contributed by atoms with Crippen molar-refractivity contribution < 1.29 is 14.3 Å². The second kappa shape index (κ2) is 5.36. The molecule has 2 heterocycles. The average molecular weight is 343 g/mol. The molecule has 2 aliphatic rings. The molecule has 1 amide bonds. The molecule has 1 saturated heterocycles. The highest BCUT2D eigenvalue weighted by atomic mass is 16.5. The maximum Gasteiger partial charge on any atom is 0.271 e. The standard InChI is InChI=1S/C22H17NO3/c1-22-16-11-5-7-13-18(16)26-19-14-8-6-12-17(19)23(22)21(24)20(22)25-15-9-3-2-4-10-15/h2-14,20H,1H3/t20-,22+/m1/s1. The highest BCUT2D eigenvalue weighted by Gasteiger charge is 2.63. The Hall–Kier alpha value is -3.27. The molecule has 5 rings (SSSR count). The summed E-state index contributed by atoms with van der Waals surface area (Å²) in [5.41, 5.74) is 1.07. The fourth-order valence-electron chi connectivity index (χ4n) is 3.89. The van der Waals surface area contributed by atoms with Crippen molar-refractivity contribution in [3.05, 3.63) is 84.4 Å². The van der Waals surface area contributed by atoms with Crippen LogP contribution in [0.2, 0.25) is 0 Å². The lowest BCUT2D eigenvalue weighted by molar-refractivity contribution is -0.140. The summed E-state index contributed by atoms with van der Waals surface area (Å²) in [5, 5.41) is 0. The van der Waals surface area contributed by atoms with Crippen molar-refractivity contribution in [2.45, 2.75) is 18.6 Å². The zero-order chi connectivity index (χ0) is 17.7. The first kappa shape index (κ1) is 15.0. The summed E-state index contributed by atoms with van der Waals surface area (Å²) in [4.78, 5) is 14.9. The maximum absolute atomic E-state index is 13.1. The van der Waals surface area contributed by atoms with Crippen molar-refractivity contribution in [2.24, 2.45) is 0 Å². The Bertz CT molecular complexity index is 1000. The second-order valence-electron chi connectivity index (χ2n) is 6.70. The van der Waals surface area contributed by atoms with Crippen molar-refractivity contribution in [3.63, 3.8) is 0 Å². The Morgan fingerprint density at radius 2 is 1.54 bits per heavy atom. The molecule has 1 fully saturated rings. The van der Waals surface area contributed by atoms with Crippen LogP contribution in [0.25, 0.3) is 0 Å². The molecule has 3 aromatic carbocycles. The van der Waals surface area contributed by atoms with E-state index in [-0.39, 0.29) is 5.91 Å². The van der Waals surface area contributed by atoms with Gasteiger partial charge in [0.15, 0.2) is 5.75 Å². The number of amides is 1. The van der Waals surface area contributed by atoms with Crippen molar-refractivity contribution in [1.82, 2.24) is 0 Å². The zero-order valence-electron chi connectivity index (χ0n) is 14.3. The third-order valence-corrected chi connectivity index (χ3v) is 5.18. The SMILES string of the molecule is C[C@@]12c3ccccc3Oc3ccccc3N1C(=O)[C@H]2Oc1ccccc1. The molecular weight excluding hydrogens is 326 g/mol. The van der Waals surface area contributed by atoms with Crippen molar-refractivity contribution in [2.75, 3.05) is 4.90 Å². The number of carbonyl (C=O) groups is 1. The van der Waals surface area contributed by atoms with E-state index >= 15 is 0 Å². The average Bonchev–Trinajstić information content (AvgIpc) is 2.78. The van der Waals surface area contributed by atoms with Crippen LogP contribution in [-0.4, -0.2) is 12.0 Å². The number of hydrogen-bond acceptors (Lipinski definition) is 3. The number of carbonyl (C=O) groups excluding carboxylic acids is 1. The topological polar surface area (TPSA) is 38.8 Å². The predicted octanol–water partition coefficient (Wildman–Crippen LogP) is 4.50. The van der Waals surface area contributed by atoms with Gasteiger partial charge >= 0.3 is 0 Å². The largest absolute Gasteiger partial charge is 0.478 e. The van der Waals surface area contributed by atoms with E-state index in [4.69, 9.17) is 9.47 Å². The minimum Gasteiger partial charge on any atom is -0.478 e. The van der Waals surface area contributed by atoms with Crippen molar-refractivity contribution in [1.29, 1.82) is 0 Å². The van der Waals surface area contributed by atoms with Crippen LogP contribution in [0.1, 0.15) is 12.5 Å². The summed E-state index contributed by atoms with van der Waals surface area (Å²) < 4.78 is 12.3. The Balaban J connectivity index is 1.67. The maximum atomic E-state index is 13.1. The van der Waals surface area contributed by atoms with Crippen LogP contribution in [-0.2, 0) is 10.3 Å². The first-order valence-corrected chi connectivity index (χ1v) is 8.62. The van der Waals surface area contributed by atoms with Gasteiger partial charge in [0.05, 0.1) is 5.69 Å². The number of para-hydroxylation sites is 4. The Morgan fingerprint density at radius 1 is 0.885 bits per heavy atom. The number of anilines is 1. The number of ether oxygens (including phenoxy) is 2. The van der Waals surface area contributed by atoms with E-state index in [1.165, 1.54) is 0 Å². The highest BCUT2D eigenvalue weighted by molar-refractivity contribution is 6.08. The molecule has 0 N–H and O–H groups in total. The van der Waals surface area contributed by atoms with Crippen molar-refractivity contribution >= 4 is 11.6 Å². The molecule has 0 aliphatic carbocycles. The summed E-state index contributed by atoms with van der Waals surface area (Å²) in [7, 11) is 0. The number of nitrogens with zero attached hydrogens (tertiary/aromatic N) is 1. The van der Waals surface area contributed by atoms with Gasteiger partial charge < -0.3 is 9.47 Å². The monoisotopic (exact) mass is 343 g/mol. The van der Waals surface area contributed by atoms with Gasteiger partial charge in [0.25, 0.3) is 5.91 Å². The smallest absolute Gasteiger partial charge is 0.271 e. The van der Waals surface area contributed by atoms with Crippen LogP contribution < -0.4 is 14.4 Å². The molecule has 2 aliphatic heterocycles. The predicted molar refractivity (Wildman–Crippen MR) is 98.7 cm³/mol. The van der Waals surface area contributed by atoms with E-state index < -0.39 is 11.6 Å². The first-order valence-electron chi connectivity index (χ1n) is 8.62. The minimum atomic E-state index is -0.643. The second-order valence-corrected chi connectivity index (χ2v) is 6.70. The van der Waals surface area contributed by atoms with E-state index in [1.807, 2.05) is 85.8 Å². The fraction of sp³-hybridized carbons (Fsp3) is 0.136. The van der Waals surface area contributed by atoms with Gasteiger partial charge in [-0.2, -0.15) is 0 Å². The van der Waals surface area contributed by atoms with Gasteiger partial charge in [0.2, 0.25) is 6.10 Å². The van der Waals surface area contributed by atoms with Crippen LogP contribution in [0.15, 0.2) is 78.9 Å². The zero-order valence-corrected chi connectivity index (χ0v) is 14.3. The third-order valence-electron chi connectivity index (χ3n) is 5.18. The molecule has 26 heavy (non-hydrogen) atoms. The first-order chi connectivity index (χ1) is 12.7. The number of rotatable bonds is 2.